The molecule has 0 aliphatic heterocycles. The Bertz CT molecular complexity index is 437. The second-order valence-corrected chi connectivity index (χ2v) is 4.02. The normalized spacial score (nSPS) is 13.9. The van der Waals surface area contributed by atoms with Crippen molar-refractivity contribution in [2.45, 2.75) is 38.0 Å². The van der Waals surface area contributed by atoms with Crippen LogP contribution in [0.3, 0.4) is 0 Å². The van der Waals surface area contributed by atoms with Crippen molar-refractivity contribution in [3.05, 3.63) is 0 Å². The van der Waals surface area contributed by atoms with Gasteiger partial charge in [-0.1, -0.05) is 0 Å². The highest BCUT2D eigenvalue weighted by Gasteiger charge is 2.40. The lowest BCUT2D eigenvalue weighted by Gasteiger charge is -2.18. The minimum atomic E-state index is -5.18. The second kappa shape index (κ2) is 7.45. The molecule has 2 atom stereocenters. The number of rotatable bonds is 7. The van der Waals surface area contributed by atoms with Gasteiger partial charge in [-0.2, -0.15) is 13.2 Å². The SMILES string of the molecule is C[C@@H](NC(=O)C(F)(F)F)C(=O)N[C@H](CCC(=O)O)C(=O)O. The van der Waals surface area contributed by atoms with Crippen LogP contribution in [0.1, 0.15) is 19.8 Å². The largest absolute Gasteiger partial charge is 0.481 e. The summed E-state index contributed by atoms with van der Waals surface area (Å²) in [6.45, 7) is 0.926. The van der Waals surface area contributed by atoms with Gasteiger partial charge in [-0.25, -0.2) is 4.79 Å². The van der Waals surface area contributed by atoms with E-state index in [0.717, 1.165) is 6.92 Å². The predicted octanol–water partition coefficient (Wildman–Crippen LogP) is -0.512. The molecule has 0 rings (SSSR count). The van der Waals surface area contributed by atoms with E-state index < -0.39 is 54.9 Å². The van der Waals surface area contributed by atoms with Crippen LogP contribution in [0.25, 0.3) is 0 Å². The quantitative estimate of drug-likeness (QED) is 0.500. The molecule has 0 aromatic carbocycles. The van der Waals surface area contributed by atoms with E-state index in [-0.39, 0.29) is 0 Å². The van der Waals surface area contributed by atoms with Gasteiger partial charge in [-0.05, 0) is 13.3 Å². The van der Waals surface area contributed by atoms with Crippen molar-refractivity contribution in [2.24, 2.45) is 0 Å². The maximum Gasteiger partial charge on any atom is 0.471 e. The third-order valence-corrected chi connectivity index (χ3v) is 2.26. The van der Waals surface area contributed by atoms with Crippen LogP contribution in [-0.4, -0.2) is 52.2 Å². The van der Waals surface area contributed by atoms with Gasteiger partial charge in [0.25, 0.3) is 0 Å². The highest BCUT2D eigenvalue weighted by atomic mass is 19.4. The van der Waals surface area contributed by atoms with Gasteiger partial charge < -0.3 is 20.8 Å². The fourth-order valence-electron chi connectivity index (χ4n) is 1.17. The lowest BCUT2D eigenvalue weighted by atomic mass is 10.1. The summed E-state index contributed by atoms with van der Waals surface area (Å²) < 4.78 is 35.9. The number of nitrogens with one attached hydrogen (secondary N) is 2. The second-order valence-electron chi connectivity index (χ2n) is 4.02. The number of amides is 2. The molecule has 11 heteroatoms. The molecular formula is C10H13F3N2O6. The number of carbonyl (C=O) groups is 4. The molecular weight excluding hydrogens is 301 g/mol. The van der Waals surface area contributed by atoms with E-state index in [1.165, 1.54) is 5.32 Å². The number of hydrogen-bond donors (Lipinski definition) is 4. The van der Waals surface area contributed by atoms with E-state index in [1.54, 1.807) is 0 Å². The summed E-state index contributed by atoms with van der Waals surface area (Å²) in [5.74, 6) is -6.36. The van der Waals surface area contributed by atoms with E-state index >= 15 is 0 Å². The van der Waals surface area contributed by atoms with Crippen LogP contribution >= 0.6 is 0 Å². The van der Waals surface area contributed by atoms with Gasteiger partial charge in [-0.15, -0.1) is 0 Å². The van der Waals surface area contributed by atoms with Crippen molar-refractivity contribution < 1.29 is 42.6 Å². The molecule has 0 fully saturated rings. The lowest BCUT2D eigenvalue weighted by molar-refractivity contribution is -0.174. The fourth-order valence-corrected chi connectivity index (χ4v) is 1.17. The van der Waals surface area contributed by atoms with Gasteiger partial charge >= 0.3 is 24.0 Å². The molecule has 2 amide bonds. The number of halogens is 3. The van der Waals surface area contributed by atoms with Gasteiger partial charge in [-0.3, -0.25) is 14.4 Å². The van der Waals surface area contributed by atoms with Gasteiger partial charge in [0.15, 0.2) is 0 Å². The van der Waals surface area contributed by atoms with E-state index in [1.807, 2.05) is 5.32 Å². The van der Waals surface area contributed by atoms with E-state index in [9.17, 15) is 32.3 Å². The first-order chi connectivity index (χ1) is 9.45. The van der Waals surface area contributed by atoms with Crippen molar-refractivity contribution in [3.63, 3.8) is 0 Å². The molecule has 8 nitrogen and oxygen atoms in total. The van der Waals surface area contributed by atoms with Crippen molar-refractivity contribution in [1.29, 1.82) is 0 Å². The minimum absolute atomic E-state index is 0.448. The van der Waals surface area contributed by atoms with Crippen molar-refractivity contribution >= 4 is 23.8 Å². The number of carboxylic acids is 2. The molecule has 21 heavy (non-hydrogen) atoms. The molecule has 0 aliphatic carbocycles. The van der Waals surface area contributed by atoms with Crippen LogP contribution in [0.15, 0.2) is 0 Å². The number of carbonyl (C=O) groups excluding carboxylic acids is 2. The van der Waals surface area contributed by atoms with Gasteiger partial charge in [0.05, 0.1) is 0 Å². The summed E-state index contributed by atoms with van der Waals surface area (Å²) in [5.41, 5.74) is 0. The maximum atomic E-state index is 12.0. The van der Waals surface area contributed by atoms with Crippen molar-refractivity contribution in [1.82, 2.24) is 10.6 Å². The number of alkyl halides is 3. The fraction of sp³-hybridized carbons (Fsp3) is 0.600. The number of hydrogen-bond acceptors (Lipinski definition) is 4. The van der Waals surface area contributed by atoms with Crippen LogP contribution < -0.4 is 10.6 Å². The summed E-state index contributed by atoms with van der Waals surface area (Å²) in [4.78, 5) is 43.2. The van der Waals surface area contributed by atoms with Crippen molar-refractivity contribution in [3.8, 4) is 0 Å². The monoisotopic (exact) mass is 314 g/mol. The van der Waals surface area contributed by atoms with Gasteiger partial charge in [0, 0.05) is 6.42 Å². The Morgan fingerprint density at radius 3 is 2.00 bits per heavy atom. The molecule has 0 saturated carbocycles. The zero-order valence-electron chi connectivity index (χ0n) is 10.7. The van der Waals surface area contributed by atoms with Crippen LogP contribution in [0, 0.1) is 0 Å². The Labute approximate surface area is 116 Å². The highest BCUT2D eigenvalue weighted by Crippen LogP contribution is 2.14. The molecule has 0 radical (unpaired) electrons. The molecule has 0 aromatic rings. The topological polar surface area (TPSA) is 133 Å². The summed E-state index contributed by atoms with van der Waals surface area (Å²) in [7, 11) is 0. The van der Waals surface area contributed by atoms with Crippen LogP contribution in [0.5, 0.6) is 0 Å². The maximum absolute atomic E-state index is 12.0. The Kier molecular flexibility index (Phi) is 6.62. The summed E-state index contributed by atoms with van der Waals surface area (Å²) in [5, 5.41) is 20.3. The van der Waals surface area contributed by atoms with Crippen LogP contribution in [0.2, 0.25) is 0 Å². The first-order valence-electron chi connectivity index (χ1n) is 5.57. The van der Waals surface area contributed by atoms with Gasteiger partial charge in [0.2, 0.25) is 5.91 Å². The zero-order valence-corrected chi connectivity index (χ0v) is 10.7. The molecule has 0 unspecified atom stereocenters. The summed E-state index contributed by atoms with van der Waals surface area (Å²) in [6, 6.07) is -3.22. The molecule has 0 spiro atoms. The zero-order chi connectivity index (χ0) is 16.8. The summed E-state index contributed by atoms with van der Waals surface area (Å²) >= 11 is 0. The average molecular weight is 314 g/mol. The third kappa shape index (κ3) is 7.13. The first kappa shape index (κ1) is 18.7. The van der Waals surface area contributed by atoms with E-state index in [2.05, 4.69) is 0 Å². The van der Waals surface area contributed by atoms with E-state index in [0.29, 0.717) is 0 Å². The third-order valence-electron chi connectivity index (χ3n) is 2.26. The average Bonchev–Trinajstić information content (AvgIpc) is 2.31. The Hall–Kier alpha value is -2.33. The molecule has 0 aromatic heterocycles. The molecule has 0 saturated heterocycles. The molecule has 0 aliphatic rings. The van der Waals surface area contributed by atoms with Crippen LogP contribution in [-0.2, 0) is 19.2 Å². The smallest absolute Gasteiger partial charge is 0.471 e. The lowest BCUT2D eigenvalue weighted by Crippen LogP contribution is -2.52. The van der Waals surface area contributed by atoms with Gasteiger partial charge in [0.1, 0.15) is 12.1 Å². The molecule has 4 N–H and O–H groups in total. The van der Waals surface area contributed by atoms with Crippen molar-refractivity contribution in [2.75, 3.05) is 0 Å². The first-order valence-corrected chi connectivity index (χ1v) is 5.57. The Morgan fingerprint density at radius 1 is 1.10 bits per heavy atom. The molecule has 0 heterocycles. The summed E-state index contributed by atoms with van der Waals surface area (Å²) in [6.07, 6.45) is -6.18. The highest BCUT2D eigenvalue weighted by molar-refractivity contribution is 5.91. The Morgan fingerprint density at radius 2 is 1.62 bits per heavy atom. The Balaban J connectivity index is 4.58. The standard InChI is InChI=1S/C10H13F3N2O6/c1-4(14-9(21)10(11,12)13)7(18)15-5(8(19)20)2-3-6(16)17/h4-5H,2-3H2,1H3,(H,14,21)(H,15,18)(H,16,17)(H,19,20)/t4-,5-/m1/s1. The predicted molar refractivity (Wildman–Crippen MR) is 60.1 cm³/mol. The number of carboxylic acid groups (broad SMARTS) is 2. The molecule has 120 valence electrons. The van der Waals surface area contributed by atoms with Crippen LogP contribution in [0.4, 0.5) is 13.2 Å². The number of aliphatic carboxylic acids is 2. The molecule has 0 bridgehead atoms. The minimum Gasteiger partial charge on any atom is -0.481 e. The van der Waals surface area contributed by atoms with E-state index in [4.69, 9.17) is 10.2 Å².